The minimum atomic E-state index is -1.61. The molecular weight excluding hydrogens is 196 g/mol. The highest BCUT2D eigenvalue weighted by Crippen LogP contribution is 2.38. The van der Waals surface area contributed by atoms with Crippen LogP contribution in [0.1, 0.15) is 40.5 Å². The quantitative estimate of drug-likeness (QED) is 0.636. The van der Waals surface area contributed by atoms with Crippen molar-refractivity contribution in [2.75, 3.05) is 0 Å². The van der Waals surface area contributed by atoms with Gasteiger partial charge in [0.05, 0.1) is 6.10 Å². The van der Waals surface area contributed by atoms with Gasteiger partial charge in [0.1, 0.15) is 12.2 Å². The van der Waals surface area contributed by atoms with Crippen molar-refractivity contribution in [3.63, 3.8) is 0 Å². The van der Waals surface area contributed by atoms with Crippen molar-refractivity contribution in [1.82, 2.24) is 0 Å². The van der Waals surface area contributed by atoms with Gasteiger partial charge in [-0.2, -0.15) is 0 Å². The first kappa shape index (κ1) is 12.9. The van der Waals surface area contributed by atoms with Crippen LogP contribution >= 0.6 is 0 Å². The molecule has 0 amide bonds. The molecule has 0 aromatic rings. The first-order valence-corrected chi connectivity index (χ1v) is 5.46. The number of aliphatic hydroxyl groups excluding tert-OH is 2. The molecule has 0 aromatic heterocycles. The van der Waals surface area contributed by atoms with Crippen LogP contribution in [-0.2, 0) is 4.74 Å². The van der Waals surface area contributed by atoms with E-state index in [0.717, 1.165) is 0 Å². The van der Waals surface area contributed by atoms with Crippen LogP contribution in [0.5, 0.6) is 0 Å². The van der Waals surface area contributed by atoms with E-state index in [2.05, 4.69) is 0 Å². The molecule has 0 aliphatic carbocycles. The lowest BCUT2D eigenvalue weighted by atomic mass is 9.85. The van der Waals surface area contributed by atoms with Gasteiger partial charge in [-0.1, -0.05) is 27.7 Å². The summed E-state index contributed by atoms with van der Waals surface area (Å²) >= 11 is 0. The van der Waals surface area contributed by atoms with Gasteiger partial charge in [0.2, 0.25) is 0 Å². The summed E-state index contributed by atoms with van der Waals surface area (Å²) in [5.41, 5.74) is -0.169. The van der Waals surface area contributed by atoms with Gasteiger partial charge in [0.15, 0.2) is 5.79 Å². The molecular formula is C11H22O4. The summed E-state index contributed by atoms with van der Waals surface area (Å²) in [5.74, 6) is -1.61. The Kier molecular flexibility index (Phi) is 3.45. The normalized spacial score (nSPS) is 42.2. The van der Waals surface area contributed by atoms with Crippen molar-refractivity contribution in [2.24, 2.45) is 5.41 Å². The van der Waals surface area contributed by atoms with Crippen LogP contribution in [0, 0.1) is 5.41 Å². The molecule has 0 unspecified atom stereocenters. The number of hydrogen-bond donors (Lipinski definition) is 3. The molecule has 3 N–H and O–H groups in total. The van der Waals surface area contributed by atoms with Crippen molar-refractivity contribution in [1.29, 1.82) is 0 Å². The summed E-state index contributed by atoms with van der Waals surface area (Å²) in [6, 6.07) is 0. The fraction of sp³-hybridized carbons (Fsp3) is 1.00. The molecule has 0 radical (unpaired) electrons. The van der Waals surface area contributed by atoms with Gasteiger partial charge >= 0.3 is 0 Å². The Labute approximate surface area is 90.9 Å². The molecule has 0 saturated carbocycles. The summed E-state index contributed by atoms with van der Waals surface area (Å²) in [5, 5.41) is 29.5. The molecule has 1 rings (SSSR count). The molecule has 0 aromatic carbocycles. The molecule has 1 aliphatic heterocycles. The Balaban J connectivity index is 2.78. The highest BCUT2D eigenvalue weighted by molar-refractivity contribution is 4.96. The Morgan fingerprint density at radius 3 is 2.13 bits per heavy atom. The van der Waals surface area contributed by atoms with E-state index in [1.807, 2.05) is 27.7 Å². The van der Waals surface area contributed by atoms with E-state index in [0.29, 0.717) is 12.8 Å². The fourth-order valence-electron chi connectivity index (χ4n) is 2.10. The predicted octanol–water partition coefficient (Wildman–Crippen LogP) is 0.642. The topological polar surface area (TPSA) is 69.9 Å². The molecule has 1 heterocycles. The maximum Gasteiger partial charge on any atom is 0.195 e. The third kappa shape index (κ3) is 2.69. The first-order chi connectivity index (χ1) is 6.69. The molecule has 0 spiro atoms. The smallest absolute Gasteiger partial charge is 0.195 e. The lowest BCUT2D eigenvalue weighted by Gasteiger charge is -2.32. The summed E-state index contributed by atoms with van der Waals surface area (Å²) < 4.78 is 5.35. The van der Waals surface area contributed by atoms with E-state index in [-0.39, 0.29) is 5.41 Å². The molecule has 0 bridgehead atoms. The Morgan fingerprint density at radius 2 is 1.80 bits per heavy atom. The summed E-state index contributed by atoms with van der Waals surface area (Å²) in [7, 11) is 0. The van der Waals surface area contributed by atoms with Crippen LogP contribution in [0.2, 0.25) is 0 Å². The average molecular weight is 218 g/mol. The van der Waals surface area contributed by atoms with Crippen LogP contribution in [0.15, 0.2) is 0 Å². The zero-order chi connectivity index (χ0) is 11.9. The second kappa shape index (κ2) is 4.01. The maximum absolute atomic E-state index is 10.1. The van der Waals surface area contributed by atoms with Gasteiger partial charge < -0.3 is 20.1 Å². The lowest BCUT2D eigenvalue weighted by Crippen LogP contribution is -2.45. The molecule has 4 nitrogen and oxygen atoms in total. The van der Waals surface area contributed by atoms with Gasteiger partial charge in [0, 0.05) is 6.42 Å². The zero-order valence-electron chi connectivity index (χ0n) is 9.90. The Hall–Kier alpha value is -0.160. The average Bonchev–Trinajstić information content (AvgIpc) is 2.27. The van der Waals surface area contributed by atoms with Gasteiger partial charge in [-0.05, 0) is 11.8 Å². The Bertz CT molecular complexity index is 223. The largest absolute Gasteiger partial charge is 0.387 e. The zero-order valence-corrected chi connectivity index (χ0v) is 9.90. The van der Waals surface area contributed by atoms with E-state index in [9.17, 15) is 15.3 Å². The first-order valence-electron chi connectivity index (χ1n) is 5.46. The number of rotatable bonds is 2. The standard InChI is InChI=1S/C11H22O4/c1-5-7-8(12)9(13)11(14,15-7)6-10(2,3)4/h7-9,12-14H,5-6H2,1-4H3/t7-,8-,9+,11+/m1/s1. The van der Waals surface area contributed by atoms with Crippen molar-refractivity contribution < 1.29 is 20.1 Å². The van der Waals surface area contributed by atoms with Crippen LogP contribution in [-0.4, -0.2) is 39.4 Å². The minimum absolute atomic E-state index is 0.169. The van der Waals surface area contributed by atoms with Crippen LogP contribution in [0.25, 0.3) is 0 Å². The van der Waals surface area contributed by atoms with Crippen LogP contribution in [0.3, 0.4) is 0 Å². The second-order valence-corrected chi connectivity index (χ2v) is 5.58. The summed E-state index contributed by atoms with van der Waals surface area (Å²) in [6.07, 6.45) is -1.82. The molecule has 1 aliphatic rings. The van der Waals surface area contributed by atoms with E-state index in [1.54, 1.807) is 0 Å². The SMILES string of the molecule is CC[C@H]1O[C@@](O)(CC(C)(C)C)[C@@H](O)[C@@H]1O. The summed E-state index contributed by atoms with van der Waals surface area (Å²) in [4.78, 5) is 0. The van der Waals surface area contributed by atoms with Gasteiger partial charge in [-0.25, -0.2) is 0 Å². The molecule has 1 fully saturated rings. The maximum atomic E-state index is 10.1. The third-order valence-electron chi connectivity index (χ3n) is 2.71. The lowest BCUT2D eigenvalue weighted by molar-refractivity contribution is -0.242. The highest BCUT2D eigenvalue weighted by atomic mass is 16.7. The molecule has 4 atom stereocenters. The third-order valence-corrected chi connectivity index (χ3v) is 2.71. The fourth-order valence-corrected chi connectivity index (χ4v) is 2.10. The van der Waals surface area contributed by atoms with Crippen molar-refractivity contribution in [2.45, 2.75) is 64.6 Å². The van der Waals surface area contributed by atoms with Gasteiger partial charge in [-0.3, -0.25) is 0 Å². The molecule has 90 valence electrons. The summed E-state index contributed by atoms with van der Waals surface area (Å²) in [6.45, 7) is 7.70. The number of hydrogen-bond acceptors (Lipinski definition) is 4. The van der Waals surface area contributed by atoms with E-state index in [1.165, 1.54) is 0 Å². The predicted molar refractivity (Wildman–Crippen MR) is 56.2 cm³/mol. The van der Waals surface area contributed by atoms with Gasteiger partial charge in [0.25, 0.3) is 0 Å². The van der Waals surface area contributed by atoms with Crippen LogP contribution in [0.4, 0.5) is 0 Å². The van der Waals surface area contributed by atoms with Crippen molar-refractivity contribution in [3.8, 4) is 0 Å². The number of aliphatic hydroxyl groups is 3. The number of ether oxygens (including phenoxy) is 1. The highest BCUT2D eigenvalue weighted by Gasteiger charge is 2.53. The second-order valence-electron chi connectivity index (χ2n) is 5.58. The van der Waals surface area contributed by atoms with Crippen molar-refractivity contribution in [3.05, 3.63) is 0 Å². The van der Waals surface area contributed by atoms with E-state index in [4.69, 9.17) is 4.74 Å². The van der Waals surface area contributed by atoms with Crippen molar-refractivity contribution >= 4 is 0 Å². The molecule has 4 heteroatoms. The minimum Gasteiger partial charge on any atom is -0.387 e. The van der Waals surface area contributed by atoms with E-state index >= 15 is 0 Å². The van der Waals surface area contributed by atoms with Gasteiger partial charge in [-0.15, -0.1) is 0 Å². The Morgan fingerprint density at radius 1 is 1.27 bits per heavy atom. The monoisotopic (exact) mass is 218 g/mol. The van der Waals surface area contributed by atoms with E-state index < -0.39 is 24.1 Å². The van der Waals surface area contributed by atoms with Crippen LogP contribution < -0.4 is 0 Å². The molecule has 1 saturated heterocycles. The molecule has 15 heavy (non-hydrogen) atoms.